The molecule has 3 nitrogen and oxygen atoms in total. The van der Waals surface area contributed by atoms with Gasteiger partial charge in [-0.2, -0.15) is 0 Å². The summed E-state index contributed by atoms with van der Waals surface area (Å²) in [6.07, 6.45) is 2.27. The average Bonchev–Trinajstić information content (AvgIpc) is 2.54. The van der Waals surface area contributed by atoms with E-state index < -0.39 is 6.10 Å². The van der Waals surface area contributed by atoms with Gasteiger partial charge < -0.3 is 15.6 Å². The highest BCUT2D eigenvalue weighted by atomic mass is 19.1. The van der Waals surface area contributed by atoms with Gasteiger partial charge in [0, 0.05) is 0 Å². The number of aliphatic hydroxyl groups is 1. The maximum atomic E-state index is 12.3. The molecule has 0 bridgehead atoms. The molecule has 126 valence electrons. The Morgan fingerprint density at radius 1 is 1.09 bits per heavy atom. The fraction of sp³-hybridized carbons (Fsp3) is 0.647. The van der Waals surface area contributed by atoms with E-state index >= 15 is 0 Å². The van der Waals surface area contributed by atoms with Gasteiger partial charge in [0.05, 0.1) is 26.1 Å². The molecule has 0 radical (unpaired) electrons. The molecule has 5 heteroatoms. The molecule has 1 rings (SSSR count). The number of halogens is 2. The number of hydrogen-bond acceptors (Lipinski definition) is 3. The Bertz CT molecular complexity index is 396. The van der Waals surface area contributed by atoms with Crippen LogP contribution in [0.5, 0.6) is 5.75 Å². The third-order valence-electron chi connectivity index (χ3n) is 3.66. The van der Waals surface area contributed by atoms with E-state index in [1.807, 2.05) is 18.2 Å². The van der Waals surface area contributed by atoms with Crippen LogP contribution in [0.2, 0.25) is 0 Å². The Morgan fingerprint density at radius 3 is 2.36 bits per heavy atom. The third kappa shape index (κ3) is 7.18. The highest BCUT2D eigenvalue weighted by Crippen LogP contribution is 2.23. The fourth-order valence-electron chi connectivity index (χ4n) is 2.39. The van der Waals surface area contributed by atoms with Gasteiger partial charge in [-0.05, 0) is 62.3 Å². The maximum Gasteiger partial charge on any atom is 0.119 e. The van der Waals surface area contributed by atoms with Gasteiger partial charge in [-0.3, -0.25) is 8.78 Å². The number of alkyl halides is 2. The van der Waals surface area contributed by atoms with Crippen LogP contribution < -0.4 is 10.5 Å². The molecule has 0 spiro atoms. The predicted octanol–water partition coefficient (Wildman–Crippen LogP) is 3.56. The molecule has 0 heterocycles. The number of nitrogens with two attached hydrogens (primary N) is 1. The first kappa shape index (κ1) is 18.8. The molecule has 0 aromatic heterocycles. The van der Waals surface area contributed by atoms with Gasteiger partial charge in [-0.1, -0.05) is 12.1 Å². The van der Waals surface area contributed by atoms with Crippen LogP contribution in [-0.2, 0) is 0 Å². The summed E-state index contributed by atoms with van der Waals surface area (Å²) in [7, 11) is 0. The number of aliphatic hydroxyl groups excluding tert-OH is 1. The molecular weight excluding hydrogens is 288 g/mol. The van der Waals surface area contributed by atoms with Gasteiger partial charge in [0.1, 0.15) is 5.75 Å². The topological polar surface area (TPSA) is 55.5 Å². The van der Waals surface area contributed by atoms with E-state index in [0.29, 0.717) is 51.0 Å². The summed E-state index contributed by atoms with van der Waals surface area (Å²) >= 11 is 0. The summed E-state index contributed by atoms with van der Waals surface area (Å²) in [5, 5.41) is 9.94. The van der Waals surface area contributed by atoms with Gasteiger partial charge in [-0.15, -0.1) is 0 Å². The van der Waals surface area contributed by atoms with Crippen LogP contribution in [0.1, 0.15) is 43.8 Å². The van der Waals surface area contributed by atoms with Crippen molar-refractivity contribution >= 4 is 0 Å². The fourth-order valence-corrected chi connectivity index (χ4v) is 2.39. The van der Waals surface area contributed by atoms with E-state index in [0.717, 1.165) is 5.56 Å². The minimum atomic E-state index is -0.595. The van der Waals surface area contributed by atoms with Crippen molar-refractivity contribution in [2.45, 2.75) is 38.2 Å². The van der Waals surface area contributed by atoms with Crippen molar-refractivity contribution in [1.29, 1.82) is 0 Å². The van der Waals surface area contributed by atoms with E-state index in [1.54, 1.807) is 6.07 Å². The van der Waals surface area contributed by atoms with Crippen molar-refractivity contribution in [3.63, 3.8) is 0 Å². The van der Waals surface area contributed by atoms with Crippen LogP contribution in [-0.4, -0.2) is 31.6 Å². The van der Waals surface area contributed by atoms with Crippen molar-refractivity contribution in [3.8, 4) is 5.75 Å². The Labute approximate surface area is 131 Å². The van der Waals surface area contributed by atoms with Gasteiger partial charge in [0.15, 0.2) is 0 Å². The number of benzene rings is 1. The molecule has 0 aliphatic heterocycles. The lowest BCUT2D eigenvalue weighted by atomic mass is 9.99. The van der Waals surface area contributed by atoms with Crippen LogP contribution in [0.4, 0.5) is 8.78 Å². The SMILES string of the molecule is NCCC(O)c1cccc(OCC(CCCF)CCCF)c1. The number of hydrogen-bond donors (Lipinski definition) is 2. The second-order valence-electron chi connectivity index (χ2n) is 5.51. The van der Waals surface area contributed by atoms with Crippen LogP contribution in [0.3, 0.4) is 0 Å². The molecule has 0 aliphatic rings. The standard InChI is InChI=1S/C17H27F2NO2/c18-9-2-4-14(5-3-10-19)13-22-16-7-1-6-15(12-16)17(21)8-11-20/h1,6-7,12,14,17,21H,2-5,8-11,13,20H2. The molecule has 1 atom stereocenters. The molecule has 1 unspecified atom stereocenters. The summed E-state index contributed by atoms with van der Waals surface area (Å²) in [5.41, 5.74) is 6.21. The zero-order valence-electron chi connectivity index (χ0n) is 13.0. The second-order valence-corrected chi connectivity index (χ2v) is 5.51. The van der Waals surface area contributed by atoms with Crippen molar-refractivity contribution < 1.29 is 18.6 Å². The van der Waals surface area contributed by atoms with Gasteiger partial charge in [0.2, 0.25) is 0 Å². The van der Waals surface area contributed by atoms with E-state index in [2.05, 4.69) is 0 Å². The largest absolute Gasteiger partial charge is 0.493 e. The first-order chi connectivity index (χ1) is 10.7. The molecule has 22 heavy (non-hydrogen) atoms. The third-order valence-corrected chi connectivity index (χ3v) is 3.66. The summed E-state index contributed by atoms with van der Waals surface area (Å²) in [6.45, 7) is 0.150. The van der Waals surface area contributed by atoms with E-state index in [1.165, 1.54) is 0 Å². The molecule has 1 aromatic rings. The lowest BCUT2D eigenvalue weighted by molar-refractivity contribution is 0.169. The Balaban J connectivity index is 2.54. The zero-order valence-corrected chi connectivity index (χ0v) is 13.0. The Morgan fingerprint density at radius 2 is 1.77 bits per heavy atom. The van der Waals surface area contributed by atoms with Crippen molar-refractivity contribution in [2.24, 2.45) is 11.7 Å². The summed E-state index contributed by atoms with van der Waals surface area (Å²) in [6, 6.07) is 7.27. The van der Waals surface area contributed by atoms with Crippen LogP contribution in [0.15, 0.2) is 24.3 Å². The molecule has 0 aliphatic carbocycles. The van der Waals surface area contributed by atoms with Crippen molar-refractivity contribution in [3.05, 3.63) is 29.8 Å². The normalized spacial score (nSPS) is 12.6. The minimum Gasteiger partial charge on any atom is -0.493 e. The van der Waals surface area contributed by atoms with Gasteiger partial charge >= 0.3 is 0 Å². The maximum absolute atomic E-state index is 12.3. The van der Waals surface area contributed by atoms with Gasteiger partial charge in [0.25, 0.3) is 0 Å². The molecular formula is C17H27F2NO2. The van der Waals surface area contributed by atoms with Crippen LogP contribution in [0, 0.1) is 5.92 Å². The molecule has 1 aromatic carbocycles. The van der Waals surface area contributed by atoms with E-state index in [4.69, 9.17) is 10.5 Å². The van der Waals surface area contributed by atoms with E-state index in [9.17, 15) is 13.9 Å². The highest BCUT2D eigenvalue weighted by molar-refractivity contribution is 5.29. The summed E-state index contributed by atoms with van der Waals surface area (Å²) in [5.74, 6) is 0.822. The zero-order chi connectivity index (χ0) is 16.2. The molecule has 0 amide bonds. The number of rotatable bonds is 12. The lowest BCUT2D eigenvalue weighted by Crippen LogP contribution is -2.13. The second kappa shape index (κ2) is 11.4. The van der Waals surface area contributed by atoms with Crippen LogP contribution in [0.25, 0.3) is 0 Å². The van der Waals surface area contributed by atoms with Crippen molar-refractivity contribution in [2.75, 3.05) is 26.5 Å². The summed E-state index contributed by atoms with van der Waals surface area (Å²) < 4.78 is 30.3. The molecule has 3 N–H and O–H groups in total. The van der Waals surface area contributed by atoms with E-state index in [-0.39, 0.29) is 19.3 Å². The highest BCUT2D eigenvalue weighted by Gasteiger charge is 2.11. The average molecular weight is 315 g/mol. The Hall–Kier alpha value is -1.20. The summed E-state index contributed by atoms with van der Waals surface area (Å²) in [4.78, 5) is 0. The first-order valence-electron chi connectivity index (χ1n) is 7.94. The lowest BCUT2D eigenvalue weighted by Gasteiger charge is -2.17. The minimum absolute atomic E-state index is 0.157. The number of ether oxygens (including phenoxy) is 1. The molecule has 0 saturated heterocycles. The van der Waals surface area contributed by atoms with Crippen LogP contribution >= 0.6 is 0 Å². The van der Waals surface area contributed by atoms with Crippen molar-refractivity contribution in [1.82, 2.24) is 0 Å². The quantitative estimate of drug-likeness (QED) is 0.620. The monoisotopic (exact) mass is 315 g/mol. The predicted molar refractivity (Wildman–Crippen MR) is 84.5 cm³/mol. The van der Waals surface area contributed by atoms with Gasteiger partial charge in [-0.25, -0.2) is 0 Å². The molecule has 0 fully saturated rings. The first-order valence-corrected chi connectivity index (χ1v) is 7.94. The Kier molecular flexibility index (Phi) is 9.75. The smallest absolute Gasteiger partial charge is 0.119 e. The molecule has 0 saturated carbocycles.